The van der Waals surface area contributed by atoms with E-state index in [9.17, 15) is 0 Å². The van der Waals surface area contributed by atoms with Crippen LogP contribution in [-0.4, -0.2) is 24.1 Å². The van der Waals surface area contributed by atoms with Crippen LogP contribution in [0.2, 0.25) is 0 Å². The van der Waals surface area contributed by atoms with Crippen molar-refractivity contribution in [1.29, 1.82) is 0 Å². The fraction of sp³-hybridized carbons (Fsp3) is 0. The molecule has 3 heterocycles. The molecular formula is C51H33N5. The molecule has 0 fully saturated rings. The molecule has 0 amide bonds. The van der Waals surface area contributed by atoms with Gasteiger partial charge in [0.15, 0.2) is 5.82 Å². The lowest BCUT2D eigenvalue weighted by Crippen LogP contribution is -2.10. The molecule has 0 aliphatic rings. The minimum atomic E-state index is 0.563. The van der Waals surface area contributed by atoms with Crippen molar-refractivity contribution in [1.82, 2.24) is 24.1 Å². The zero-order valence-corrected chi connectivity index (χ0v) is 30.3. The number of hydrogen-bond acceptors (Lipinski definition) is 3. The monoisotopic (exact) mass is 715 g/mol. The average Bonchev–Trinajstić information content (AvgIpc) is 3.80. The summed E-state index contributed by atoms with van der Waals surface area (Å²) in [7, 11) is 0. The molecule has 0 atom stereocenters. The highest BCUT2D eigenvalue weighted by atomic mass is 15.3. The van der Waals surface area contributed by atoms with Crippen molar-refractivity contribution in [2.24, 2.45) is 0 Å². The van der Waals surface area contributed by atoms with E-state index < -0.39 is 0 Å². The third-order valence-electron chi connectivity index (χ3n) is 10.8. The maximum atomic E-state index is 5.31. The van der Waals surface area contributed by atoms with Gasteiger partial charge in [-0.2, -0.15) is 15.0 Å². The summed E-state index contributed by atoms with van der Waals surface area (Å²) in [6.45, 7) is 0. The lowest BCUT2D eigenvalue weighted by atomic mass is 9.92. The number of fused-ring (bicyclic) bond motifs is 6. The summed E-state index contributed by atoms with van der Waals surface area (Å²) in [5.74, 6) is 1.72. The Morgan fingerprint density at radius 2 is 0.643 bits per heavy atom. The molecule has 0 radical (unpaired) electrons. The first-order valence-corrected chi connectivity index (χ1v) is 18.9. The van der Waals surface area contributed by atoms with Gasteiger partial charge in [-0.15, -0.1) is 0 Å². The van der Waals surface area contributed by atoms with Gasteiger partial charge in [0.2, 0.25) is 11.9 Å². The highest BCUT2D eigenvalue weighted by Crippen LogP contribution is 2.37. The van der Waals surface area contributed by atoms with Crippen molar-refractivity contribution in [2.45, 2.75) is 0 Å². The van der Waals surface area contributed by atoms with Crippen LogP contribution in [0.5, 0.6) is 0 Å². The van der Waals surface area contributed by atoms with Crippen LogP contribution < -0.4 is 0 Å². The van der Waals surface area contributed by atoms with E-state index in [0.29, 0.717) is 17.7 Å². The molecule has 11 aromatic rings. The number of para-hydroxylation sites is 4. The SMILES string of the molecule is c1ccc(-c2ccc(-c3ccccc3-c3cccc(-c4nc(-n5c6ccccc6c6ccccc65)nc(-n5c6ccccc6c6ccccc65)n4)c3)cc2)cc1. The number of benzene rings is 8. The third kappa shape index (κ3) is 5.21. The Bertz CT molecular complexity index is 3010. The second kappa shape index (κ2) is 13.0. The summed E-state index contributed by atoms with van der Waals surface area (Å²) < 4.78 is 4.34. The predicted molar refractivity (Wildman–Crippen MR) is 230 cm³/mol. The highest BCUT2D eigenvalue weighted by Gasteiger charge is 2.20. The standard InChI is InChI=1S/C51H33N5/c1-2-15-34(16-3-1)35-29-31-36(32-30-35)39-19-4-5-20-40(39)37-17-14-18-38(33-37)49-52-50(55-45-25-10-6-21-41(45)42-22-7-11-26-46(42)55)54-51(53-49)56-47-27-12-8-23-43(47)44-24-9-13-28-48(44)56/h1-33H. The second-order valence-corrected chi connectivity index (χ2v) is 14.1. The molecule has 0 N–H and O–H groups in total. The minimum absolute atomic E-state index is 0.563. The zero-order valence-electron chi connectivity index (χ0n) is 30.3. The Morgan fingerprint density at radius 3 is 1.16 bits per heavy atom. The predicted octanol–water partition coefficient (Wildman–Crippen LogP) is 12.7. The maximum absolute atomic E-state index is 5.31. The first-order chi connectivity index (χ1) is 27.8. The highest BCUT2D eigenvalue weighted by molar-refractivity contribution is 6.10. The first kappa shape index (κ1) is 31.9. The van der Waals surface area contributed by atoms with Gasteiger partial charge in [0, 0.05) is 27.1 Å². The zero-order chi connectivity index (χ0) is 37.0. The van der Waals surface area contributed by atoms with Gasteiger partial charge in [0.1, 0.15) is 0 Å². The maximum Gasteiger partial charge on any atom is 0.240 e. The number of hydrogen-bond donors (Lipinski definition) is 0. The fourth-order valence-electron chi connectivity index (χ4n) is 8.24. The van der Waals surface area contributed by atoms with Crippen LogP contribution in [0.15, 0.2) is 200 Å². The summed E-state index contributed by atoms with van der Waals surface area (Å²) >= 11 is 0. The smallest absolute Gasteiger partial charge is 0.240 e. The molecule has 5 nitrogen and oxygen atoms in total. The number of nitrogens with zero attached hydrogens (tertiary/aromatic N) is 5. The van der Waals surface area contributed by atoms with Gasteiger partial charge in [0.05, 0.1) is 22.1 Å². The quantitative estimate of drug-likeness (QED) is 0.172. The molecule has 0 spiro atoms. The summed E-state index contributed by atoms with van der Waals surface area (Å²) in [4.78, 5) is 15.9. The molecule has 262 valence electrons. The fourth-order valence-corrected chi connectivity index (χ4v) is 8.24. The second-order valence-electron chi connectivity index (χ2n) is 14.1. The van der Waals surface area contributed by atoms with E-state index in [0.717, 1.165) is 71.4 Å². The lowest BCUT2D eigenvalue weighted by molar-refractivity contribution is 0.893. The largest absolute Gasteiger partial charge is 0.278 e. The van der Waals surface area contributed by atoms with Crippen molar-refractivity contribution in [3.63, 3.8) is 0 Å². The van der Waals surface area contributed by atoms with Crippen LogP contribution in [0.4, 0.5) is 0 Å². The molecule has 0 aliphatic carbocycles. The lowest BCUT2D eigenvalue weighted by Gasteiger charge is -2.14. The molecule has 11 rings (SSSR count). The first-order valence-electron chi connectivity index (χ1n) is 18.9. The van der Waals surface area contributed by atoms with Crippen molar-refractivity contribution in [3.05, 3.63) is 200 Å². The molecule has 0 bridgehead atoms. The van der Waals surface area contributed by atoms with Crippen LogP contribution in [0, 0.1) is 0 Å². The van der Waals surface area contributed by atoms with Gasteiger partial charge in [-0.05, 0) is 63.7 Å². The van der Waals surface area contributed by atoms with Gasteiger partial charge >= 0.3 is 0 Å². The van der Waals surface area contributed by atoms with E-state index in [2.05, 4.69) is 209 Å². The topological polar surface area (TPSA) is 48.5 Å². The van der Waals surface area contributed by atoms with Crippen LogP contribution in [-0.2, 0) is 0 Å². The van der Waals surface area contributed by atoms with Crippen molar-refractivity contribution in [3.8, 4) is 56.7 Å². The molecule has 0 aliphatic heterocycles. The summed E-state index contributed by atoms with van der Waals surface area (Å²) in [6.07, 6.45) is 0. The Kier molecular flexibility index (Phi) is 7.42. The van der Waals surface area contributed by atoms with E-state index in [1.807, 2.05) is 0 Å². The minimum Gasteiger partial charge on any atom is -0.278 e. The van der Waals surface area contributed by atoms with E-state index in [4.69, 9.17) is 15.0 Å². The van der Waals surface area contributed by atoms with Crippen LogP contribution >= 0.6 is 0 Å². The van der Waals surface area contributed by atoms with Crippen LogP contribution in [0.3, 0.4) is 0 Å². The summed E-state index contributed by atoms with van der Waals surface area (Å²) in [6, 6.07) is 70.4. The van der Waals surface area contributed by atoms with Gasteiger partial charge in [-0.1, -0.05) is 170 Å². The van der Waals surface area contributed by atoms with E-state index in [1.54, 1.807) is 0 Å². The van der Waals surface area contributed by atoms with Gasteiger partial charge in [-0.3, -0.25) is 9.13 Å². The molecule has 5 heteroatoms. The van der Waals surface area contributed by atoms with E-state index >= 15 is 0 Å². The molecule has 3 aromatic heterocycles. The molecule has 8 aromatic carbocycles. The Morgan fingerprint density at radius 1 is 0.268 bits per heavy atom. The summed E-state index contributed by atoms with van der Waals surface area (Å²) in [5.41, 5.74) is 12.0. The Labute approximate surface area is 323 Å². The third-order valence-corrected chi connectivity index (χ3v) is 10.8. The molecule has 0 saturated carbocycles. The van der Waals surface area contributed by atoms with Gasteiger partial charge in [-0.25, -0.2) is 0 Å². The Hall–Kier alpha value is -7.63. The van der Waals surface area contributed by atoms with E-state index in [1.165, 1.54) is 11.1 Å². The van der Waals surface area contributed by atoms with Crippen molar-refractivity contribution < 1.29 is 0 Å². The number of rotatable bonds is 6. The molecule has 0 unspecified atom stereocenters. The van der Waals surface area contributed by atoms with Crippen LogP contribution in [0.25, 0.3) is 100 Å². The van der Waals surface area contributed by atoms with Crippen LogP contribution in [0.1, 0.15) is 0 Å². The van der Waals surface area contributed by atoms with Crippen molar-refractivity contribution >= 4 is 43.6 Å². The summed E-state index contributed by atoms with van der Waals surface area (Å²) in [5, 5.41) is 4.61. The van der Waals surface area contributed by atoms with Gasteiger partial charge < -0.3 is 0 Å². The molecule has 56 heavy (non-hydrogen) atoms. The molecular weight excluding hydrogens is 683 g/mol. The number of aromatic nitrogens is 5. The van der Waals surface area contributed by atoms with Crippen molar-refractivity contribution in [2.75, 3.05) is 0 Å². The average molecular weight is 716 g/mol. The molecule has 0 saturated heterocycles. The Balaban J connectivity index is 1.11. The van der Waals surface area contributed by atoms with Gasteiger partial charge in [0.25, 0.3) is 0 Å². The van der Waals surface area contributed by atoms with E-state index in [-0.39, 0.29) is 0 Å². The normalized spacial score (nSPS) is 11.6.